The van der Waals surface area contributed by atoms with Crippen molar-refractivity contribution in [3.8, 4) is 0 Å². The topological polar surface area (TPSA) is 75.7 Å². The largest absolute Gasteiger partial charge is 0.454 e. The predicted molar refractivity (Wildman–Crippen MR) is 99.2 cm³/mol. The second-order valence-corrected chi connectivity index (χ2v) is 7.36. The Kier molecular flexibility index (Phi) is 7.26. The molecule has 1 fully saturated rings. The number of nitrogens with zero attached hydrogens (tertiary/aromatic N) is 1. The summed E-state index contributed by atoms with van der Waals surface area (Å²) in [4.78, 5) is 36.8. The van der Waals surface area contributed by atoms with E-state index in [1.54, 1.807) is 25.1 Å². The third kappa shape index (κ3) is 7.07. The molecular weight excluding hydrogens is 389 g/mol. The molecular formula is C20H25F3N2O4. The lowest BCUT2D eigenvalue weighted by molar-refractivity contribution is -0.170. The molecule has 0 spiro atoms. The quantitative estimate of drug-likeness (QED) is 0.664. The van der Waals surface area contributed by atoms with Gasteiger partial charge in [-0.25, -0.2) is 0 Å². The first-order valence-corrected chi connectivity index (χ1v) is 9.35. The molecule has 29 heavy (non-hydrogen) atoms. The molecule has 2 rings (SSSR count). The zero-order valence-corrected chi connectivity index (χ0v) is 16.6. The van der Waals surface area contributed by atoms with Crippen LogP contribution in [0, 0.1) is 19.8 Å². The average molecular weight is 414 g/mol. The van der Waals surface area contributed by atoms with Crippen molar-refractivity contribution in [2.75, 3.05) is 19.7 Å². The van der Waals surface area contributed by atoms with Crippen molar-refractivity contribution in [1.82, 2.24) is 10.2 Å². The molecule has 1 aliphatic carbocycles. The molecule has 1 aromatic rings. The van der Waals surface area contributed by atoms with Gasteiger partial charge in [0.2, 0.25) is 0 Å². The highest BCUT2D eigenvalue weighted by atomic mass is 19.4. The molecule has 6 nitrogen and oxygen atoms in total. The van der Waals surface area contributed by atoms with Gasteiger partial charge in [0.15, 0.2) is 6.61 Å². The van der Waals surface area contributed by atoms with Crippen LogP contribution < -0.4 is 5.32 Å². The van der Waals surface area contributed by atoms with E-state index in [4.69, 9.17) is 4.74 Å². The third-order valence-corrected chi connectivity index (χ3v) is 4.98. The minimum Gasteiger partial charge on any atom is -0.454 e. The van der Waals surface area contributed by atoms with Crippen molar-refractivity contribution in [3.05, 3.63) is 34.9 Å². The van der Waals surface area contributed by atoms with Crippen LogP contribution in [0.25, 0.3) is 0 Å². The highest BCUT2D eigenvalue weighted by molar-refractivity contribution is 5.96. The number of carbonyl (C=O) groups is 3. The maximum absolute atomic E-state index is 12.8. The van der Waals surface area contributed by atoms with Crippen molar-refractivity contribution < 1.29 is 32.3 Å². The number of rotatable bonds is 8. The minimum atomic E-state index is -4.54. The van der Waals surface area contributed by atoms with E-state index in [2.05, 4.69) is 5.32 Å². The molecule has 1 N–H and O–H groups in total. The van der Waals surface area contributed by atoms with Gasteiger partial charge in [-0.05, 0) is 62.8 Å². The van der Waals surface area contributed by atoms with Crippen LogP contribution in [0.15, 0.2) is 18.2 Å². The summed E-state index contributed by atoms with van der Waals surface area (Å²) in [7, 11) is 0. The highest BCUT2D eigenvalue weighted by Gasteiger charge is 2.40. The molecule has 0 radical (unpaired) electrons. The fraction of sp³-hybridized carbons (Fsp3) is 0.550. The van der Waals surface area contributed by atoms with Gasteiger partial charge < -0.3 is 15.0 Å². The number of carbonyl (C=O) groups excluding carboxylic acids is 3. The molecule has 0 aliphatic heterocycles. The Balaban J connectivity index is 1.83. The van der Waals surface area contributed by atoms with Gasteiger partial charge in [0, 0.05) is 11.6 Å². The summed E-state index contributed by atoms with van der Waals surface area (Å²) in [6.45, 7) is 2.64. The van der Waals surface area contributed by atoms with Crippen LogP contribution in [0.2, 0.25) is 0 Å². The number of hydrogen-bond donors (Lipinski definition) is 1. The lowest BCUT2D eigenvalue weighted by Crippen LogP contribution is -2.47. The van der Waals surface area contributed by atoms with Gasteiger partial charge in [0.25, 0.3) is 11.8 Å². The molecule has 1 atom stereocenters. The minimum absolute atomic E-state index is 0.0363. The van der Waals surface area contributed by atoms with E-state index in [-0.39, 0.29) is 5.92 Å². The highest BCUT2D eigenvalue weighted by Crippen LogP contribution is 2.36. The lowest BCUT2D eigenvalue weighted by atomic mass is 10.1. The number of halogens is 3. The molecule has 9 heteroatoms. The van der Waals surface area contributed by atoms with E-state index in [1.165, 1.54) is 0 Å². The third-order valence-electron chi connectivity index (χ3n) is 4.98. The summed E-state index contributed by atoms with van der Waals surface area (Å²) >= 11 is 0. The second-order valence-electron chi connectivity index (χ2n) is 7.36. The van der Waals surface area contributed by atoms with Gasteiger partial charge in [-0.3, -0.25) is 14.4 Å². The number of aryl methyl sites for hydroxylation is 2. The van der Waals surface area contributed by atoms with Crippen LogP contribution in [0.1, 0.15) is 41.3 Å². The Bertz CT molecular complexity index is 775. The van der Waals surface area contributed by atoms with E-state index in [9.17, 15) is 27.6 Å². The van der Waals surface area contributed by atoms with E-state index in [1.807, 2.05) is 13.8 Å². The average Bonchev–Trinajstić information content (AvgIpc) is 3.48. The summed E-state index contributed by atoms with van der Waals surface area (Å²) < 4.78 is 43.1. The number of alkyl halides is 3. The van der Waals surface area contributed by atoms with E-state index < -0.39 is 49.7 Å². The molecule has 0 heterocycles. The van der Waals surface area contributed by atoms with Crippen LogP contribution >= 0.6 is 0 Å². The van der Waals surface area contributed by atoms with Gasteiger partial charge in [0.1, 0.15) is 13.1 Å². The van der Waals surface area contributed by atoms with Crippen LogP contribution in [0.5, 0.6) is 0 Å². The summed E-state index contributed by atoms with van der Waals surface area (Å²) in [6.07, 6.45) is -3.00. The molecule has 0 bridgehead atoms. The Hall–Kier alpha value is -2.58. The monoisotopic (exact) mass is 414 g/mol. The molecule has 0 unspecified atom stereocenters. The smallest absolute Gasteiger partial charge is 0.406 e. The Morgan fingerprint density at radius 2 is 1.86 bits per heavy atom. The molecule has 160 valence electrons. The Morgan fingerprint density at radius 3 is 2.41 bits per heavy atom. The number of amides is 2. The zero-order valence-electron chi connectivity index (χ0n) is 16.6. The first kappa shape index (κ1) is 22.7. The molecule has 1 aromatic carbocycles. The van der Waals surface area contributed by atoms with Crippen molar-refractivity contribution in [2.45, 2.75) is 45.8 Å². The molecule has 2 amide bonds. The first-order valence-electron chi connectivity index (χ1n) is 9.35. The van der Waals surface area contributed by atoms with Crippen molar-refractivity contribution >= 4 is 17.8 Å². The van der Waals surface area contributed by atoms with E-state index in [0.717, 1.165) is 24.0 Å². The summed E-state index contributed by atoms with van der Waals surface area (Å²) in [5.74, 6) is -2.26. The number of ether oxygens (including phenoxy) is 1. The summed E-state index contributed by atoms with van der Waals surface area (Å²) in [5, 5.41) is 2.37. The van der Waals surface area contributed by atoms with Gasteiger partial charge in [-0.1, -0.05) is 6.07 Å². The molecule has 0 saturated heterocycles. The number of esters is 1. The van der Waals surface area contributed by atoms with Crippen molar-refractivity contribution in [2.24, 2.45) is 5.92 Å². The lowest BCUT2D eigenvalue weighted by Gasteiger charge is -2.30. The fourth-order valence-electron chi connectivity index (χ4n) is 2.90. The van der Waals surface area contributed by atoms with Crippen LogP contribution in [-0.2, 0) is 14.3 Å². The second kappa shape index (κ2) is 9.28. The predicted octanol–water partition coefficient (Wildman–Crippen LogP) is 2.77. The number of benzene rings is 1. The molecule has 1 aliphatic rings. The first-order chi connectivity index (χ1) is 13.5. The Morgan fingerprint density at radius 1 is 1.21 bits per heavy atom. The van der Waals surface area contributed by atoms with Gasteiger partial charge in [-0.15, -0.1) is 0 Å². The van der Waals surface area contributed by atoms with Crippen molar-refractivity contribution in [3.63, 3.8) is 0 Å². The maximum Gasteiger partial charge on any atom is 0.406 e. The van der Waals surface area contributed by atoms with Gasteiger partial charge in [-0.2, -0.15) is 13.2 Å². The maximum atomic E-state index is 12.8. The standard InChI is InChI=1S/C20H25F3N2O4/c1-12-4-5-16(8-13(12)2)19(28)24-9-18(27)29-10-17(26)25(11-20(21,22)23)14(3)15-6-7-15/h4-5,8,14-15H,6-7,9-11H2,1-3H3,(H,24,28)/t14-/m1/s1. The molecule has 0 aromatic heterocycles. The van der Waals surface area contributed by atoms with E-state index in [0.29, 0.717) is 10.5 Å². The van der Waals surface area contributed by atoms with Crippen LogP contribution in [0.4, 0.5) is 13.2 Å². The normalized spacial score (nSPS) is 14.8. The number of hydrogen-bond acceptors (Lipinski definition) is 4. The molecule has 1 saturated carbocycles. The van der Waals surface area contributed by atoms with Gasteiger partial charge in [0.05, 0.1) is 0 Å². The van der Waals surface area contributed by atoms with Crippen LogP contribution in [0.3, 0.4) is 0 Å². The summed E-state index contributed by atoms with van der Waals surface area (Å²) in [6, 6.07) is 4.49. The van der Waals surface area contributed by atoms with Crippen LogP contribution in [-0.4, -0.2) is 54.6 Å². The summed E-state index contributed by atoms with van der Waals surface area (Å²) in [5.41, 5.74) is 2.30. The van der Waals surface area contributed by atoms with E-state index >= 15 is 0 Å². The van der Waals surface area contributed by atoms with Crippen molar-refractivity contribution in [1.29, 1.82) is 0 Å². The fourth-order valence-corrected chi connectivity index (χ4v) is 2.90. The zero-order chi connectivity index (χ0) is 21.8. The Labute approximate surface area is 167 Å². The number of nitrogens with one attached hydrogen (secondary N) is 1. The van der Waals surface area contributed by atoms with Gasteiger partial charge >= 0.3 is 12.1 Å². The SMILES string of the molecule is Cc1ccc(C(=O)NCC(=O)OCC(=O)N(CC(F)(F)F)[C@H](C)C2CC2)cc1C.